The third kappa shape index (κ3) is 5.34. The minimum Gasteiger partial charge on any atom is -0.455 e. The molecule has 0 fully saturated rings. The van der Waals surface area contributed by atoms with Crippen LogP contribution in [0.15, 0.2) is 173 Å². The Labute approximate surface area is 409 Å². The predicted molar refractivity (Wildman–Crippen MR) is 290 cm³/mol. The van der Waals surface area contributed by atoms with Crippen molar-refractivity contribution >= 4 is 60.9 Å². The van der Waals surface area contributed by atoms with E-state index in [1.165, 1.54) is 88.5 Å². The largest absolute Gasteiger partial charge is 0.455 e. The quantitative estimate of drug-likeness (QED) is 0.176. The molecule has 0 saturated carbocycles. The number of aromatic nitrogens is 1. The maximum atomic E-state index is 7.06. The molecule has 3 aliphatic carbocycles. The Balaban J connectivity index is 0.990. The Bertz CT molecular complexity index is 4060. The van der Waals surface area contributed by atoms with E-state index in [1.54, 1.807) is 0 Å². The van der Waals surface area contributed by atoms with Gasteiger partial charge in [0.25, 0.3) is 0 Å². The first-order valence-electron chi connectivity index (χ1n) is 24.9. The monoisotopic (exact) mass is 906 g/mol. The average molecular weight is 907 g/mol. The second-order valence-electron chi connectivity index (χ2n) is 22.7. The summed E-state index contributed by atoms with van der Waals surface area (Å²) in [5, 5.41) is 4.71. The minimum absolute atomic E-state index is 0.0174. The summed E-state index contributed by atoms with van der Waals surface area (Å²) in [4.78, 5) is 6.85. The van der Waals surface area contributed by atoms with E-state index in [9.17, 15) is 0 Å². The van der Waals surface area contributed by atoms with Gasteiger partial charge in [0.15, 0.2) is 0 Å². The van der Waals surface area contributed by atoms with Gasteiger partial charge < -0.3 is 13.7 Å². The number of para-hydroxylation sites is 2. The van der Waals surface area contributed by atoms with Crippen LogP contribution in [0.1, 0.15) is 101 Å². The zero-order valence-corrected chi connectivity index (χ0v) is 41.3. The first-order chi connectivity index (χ1) is 33.6. The van der Waals surface area contributed by atoms with Crippen LogP contribution in [0.5, 0.6) is 0 Å². The summed E-state index contributed by atoms with van der Waals surface area (Å²) in [6.45, 7) is 21.4. The van der Waals surface area contributed by atoms with Gasteiger partial charge >= 0.3 is 0 Å². The van der Waals surface area contributed by atoms with Crippen LogP contribution >= 0.6 is 0 Å². The maximum Gasteiger partial charge on any atom is 0.144 e. The highest BCUT2D eigenvalue weighted by Crippen LogP contribution is 2.64. The molecule has 4 nitrogen and oxygen atoms in total. The predicted octanol–water partition coefficient (Wildman–Crippen LogP) is 18.2. The van der Waals surface area contributed by atoms with E-state index in [0.29, 0.717) is 0 Å². The van der Waals surface area contributed by atoms with Crippen molar-refractivity contribution in [3.05, 3.63) is 203 Å². The fraction of sp³-hybridized carbons (Fsp3) is 0.197. The van der Waals surface area contributed by atoms with Gasteiger partial charge in [-0.1, -0.05) is 147 Å². The molecule has 14 rings (SSSR count). The van der Waals surface area contributed by atoms with Crippen molar-refractivity contribution in [2.24, 2.45) is 0 Å². The molecule has 0 N–H and O–H groups in total. The number of hydrogen-bond acceptors (Lipinski definition) is 4. The Morgan fingerprint density at radius 2 is 0.943 bits per heavy atom. The normalized spacial score (nSPS) is 15.6. The van der Waals surface area contributed by atoms with Gasteiger partial charge in [-0.2, -0.15) is 0 Å². The van der Waals surface area contributed by atoms with Crippen molar-refractivity contribution in [2.75, 3.05) is 4.90 Å². The number of benzene rings is 8. The molecule has 3 heterocycles. The standard InChI is InChI=1S/C66H54N2O2/c1-63(2,3)38-22-24-39(25-23-38)68(40-26-28-43-49(34-40)64(4,5)51-36-47(37-30-32-67-33-31-37)61-56(54(43)51)45-17-11-14-20-52(45)69-61)41-27-29-44-50(35-41)66(8,9)60-58(44)62-57(46-18-12-15-21-53(46)70-62)55-42-16-10-13-19-48(42)65(6,7)59(55)60/h10-36H,1-9H3. The van der Waals surface area contributed by atoms with Gasteiger partial charge in [0.2, 0.25) is 0 Å². The number of rotatable bonds is 4. The Morgan fingerprint density at radius 3 is 1.60 bits per heavy atom. The molecule has 70 heavy (non-hydrogen) atoms. The summed E-state index contributed by atoms with van der Waals surface area (Å²) in [6.07, 6.45) is 3.74. The molecule has 3 aliphatic rings. The summed E-state index contributed by atoms with van der Waals surface area (Å²) in [5.41, 5.74) is 25.5. The molecule has 340 valence electrons. The lowest BCUT2D eigenvalue weighted by atomic mass is 9.72. The molecule has 11 aromatic rings. The fourth-order valence-corrected chi connectivity index (χ4v) is 13.2. The number of pyridine rings is 1. The van der Waals surface area contributed by atoms with Crippen LogP contribution in [-0.2, 0) is 21.7 Å². The molecule has 0 radical (unpaired) electrons. The first kappa shape index (κ1) is 41.3. The Kier molecular flexibility index (Phi) is 8.12. The number of fused-ring (bicyclic) bond motifs is 19. The van der Waals surface area contributed by atoms with Crippen molar-refractivity contribution in [3.8, 4) is 44.5 Å². The van der Waals surface area contributed by atoms with Gasteiger partial charge in [-0.15, -0.1) is 0 Å². The van der Waals surface area contributed by atoms with Crippen LogP contribution in [0.2, 0.25) is 0 Å². The van der Waals surface area contributed by atoms with Gasteiger partial charge in [-0.05, 0) is 144 Å². The second kappa shape index (κ2) is 13.8. The van der Waals surface area contributed by atoms with E-state index in [2.05, 4.69) is 224 Å². The third-order valence-electron chi connectivity index (χ3n) is 16.7. The minimum atomic E-state index is -0.341. The summed E-state index contributed by atoms with van der Waals surface area (Å²) in [5.74, 6) is 0. The van der Waals surface area contributed by atoms with E-state index >= 15 is 0 Å². The number of nitrogens with zero attached hydrogens (tertiary/aromatic N) is 2. The molecular weight excluding hydrogens is 853 g/mol. The highest BCUT2D eigenvalue weighted by atomic mass is 16.3. The Hall–Kier alpha value is -7.69. The first-order valence-corrected chi connectivity index (χ1v) is 24.9. The molecule has 0 atom stereocenters. The average Bonchev–Trinajstić information content (AvgIpc) is 4.11. The molecule has 0 aliphatic heterocycles. The van der Waals surface area contributed by atoms with E-state index in [0.717, 1.165) is 55.9 Å². The molecule has 0 saturated heterocycles. The smallest absolute Gasteiger partial charge is 0.144 e. The highest BCUT2D eigenvalue weighted by Gasteiger charge is 2.49. The van der Waals surface area contributed by atoms with Gasteiger partial charge in [0.05, 0.1) is 0 Å². The molecule has 8 aromatic carbocycles. The molecular formula is C66H54N2O2. The lowest BCUT2D eigenvalue weighted by molar-refractivity contribution is 0.590. The van der Waals surface area contributed by atoms with Gasteiger partial charge in [0, 0.05) is 78.4 Å². The van der Waals surface area contributed by atoms with E-state index < -0.39 is 0 Å². The molecule has 0 unspecified atom stereocenters. The number of hydrogen-bond donors (Lipinski definition) is 0. The number of furan rings is 2. The van der Waals surface area contributed by atoms with Crippen molar-refractivity contribution in [2.45, 2.75) is 84.0 Å². The van der Waals surface area contributed by atoms with Crippen LogP contribution in [-0.4, -0.2) is 4.98 Å². The zero-order chi connectivity index (χ0) is 47.8. The summed E-state index contributed by atoms with van der Waals surface area (Å²) in [6, 6.07) is 56.3. The third-order valence-corrected chi connectivity index (χ3v) is 16.7. The second-order valence-corrected chi connectivity index (χ2v) is 22.7. The molecule has 0 amide bonds. The molecule has 0 spiro atoms. The van der Waals surface area contributed by atoms with Crippen LogP contribution in [0.3, 0.4) is 0 Å². The lowest BCUT2D eigenvalue weighted by Crippen LogP contribution is -2.24. The van der Waals surface area contributed by atoms with Gasteiger partial charge in [-0.3, -0.25) is 4.98 Å². The van der Waals surface area contributed by atoms with E-state index in [-0.39, 0.29) is 21.7 Å². The summed E-state index contributed by atoms with van der Waals surface area (Å²) in [7, 11) is 0. The van der Waals surface area contributed by atoms with E-state index in [1.807, 2.05) is 12.4 Å². The molecule has 3 aromatic heterocycles. The lowest BCUT2D eigenvalue weighted by Gasteiger charge is -2.32. The highest BCUT2D eigenvalue weighted by molar-refractivity contribution is 6.21. The maximum absolute atomic E-state index is 7.06. The van der Waals surface area contributed by atoms with Gasteiger partial charge in [-0.25, -0.2) is 0 Å². The van der Waals surface area contributed by atoms with Crippen molar-refractivity contribution in [1.29, 1.82) is 0 Å². The fourth-order valence-electron chi connectivity index (χ4n) is 13.2. The summed E-state index contributed by atoms with van der Waals surface area (Å²) < 4.78 is 13.8. The van der Waals surface area contributed by atoms with Crippen LogP contribution < -0.4 is 4.90 Å². The van der Waals surface area contributed by atoms with Crippen LogP contribution in [0.25, 0.3) is 88.4 Å². The topological polar surface area (TPSA) is 42.4 Å². The summed E-state index contributed by atoms with van der Waals surface area (Å²) >= 11 is 0. The van der Waals surface area contributed by atoms with Crippen LogP contribution in [0, 0.1) is 0 Å². The molecule has 4 heteroatoms. The van der Waals surface area contributed by atoms with Crippen LogP contribution in [0.4, 0.5) is 17.1 Å². The molecule has 0 bridgehead atoms. The SMILES string of the molecule is CC(C)(C)c1ccc(N(c2ccc3c(c2)C(C)(C)c2cc(-c4ccncc4)c4oc5ccccc5c4c2-3)c2ccc3c(c2)C(C)(C)c2c4c(c5c(oc6ccccc65)c2-3)-c2ccccc2C4(C)C)cc1. The van der Waals surface area contributed by atoms with Crippen molar-refractivity contribution in [1.82, 2.24) is 4.98 Å². The van der Waals surface area contributed by atoms with Crippen molar-refractivity contribution < 1.29 is 8.83 Å². The van der Waals surface area contributed by atoms with E-state index in [4.69, 9.17) is 8.83 Å². The van der Waals surface area contributed by atoms with Gasteiger partial charge in [0.1, 0.15) is 22.3 Å². The Morgan fingerprint density at radius 1 is 0.429 bits per heavy atom. The number of anilines is 3. The zero-order valence-electron chi connectivity index (χ0n) is 41.3. The van der Waals surface area contributed by atoms with Crippen molar-refractivity contribution in [3.63, 3.8) is 0 Å².